The number of nitrogens with one attached hydrogen (secondary N) is 1. The molecule has 3 fully saturated rings. The predicted octanol–water partition coefficient (Wildman–Crippen LogP) is 5.08. The zero-order valence-electron chi connectivity index (χ0n) is 18.8. The number of fused-ring (bicyclic) bond motifs is 3. The zero-order valence-corrected chi connectivity index (χ0v) is 18.8. The number of benzene rings is 1. The highest BCUT2D eigenvalue weighted by Gasteiger charge is 2.43. The van der Waals surface area contributed by atoms with Gasteiger partial charge in [0.15, 0.2) is 0 Å². The minimum atomic E-state index is -0.724. The molecule has 2 unspecified atom stereocenters. The molecule has 1 aromatic heterocycles. The van der Waals surface area contributed by atoms with Crippen LogP contribution in [0.1, 0.15) is 75.1 Å². The number of pyridine rings is 1. The van der Waals surface area contributed by atoms with E-state index in [1.165, 1.54) is 25.7 Å². The number of rotatable bonds is 4. The minimum absolute atomic E-state index is 0.0314. The molecule has 2 saturated heterocycles. The van der Waals surface area contributed by atoms with Crippen molar-refractivity contribution >= 4 is 28.5 Å². The van der Waals surface area contributed by atoms with Crippen LogP contribution < -0.4 is 5.32 Å². The Morgan fingerprint density at radius 2 is 1.72 bits per heavy atom. The number of nitrogens with zero attached hydrogens (tertiary/aromatic N) is 2. The molecule has 1 aliphatic carbocycles. The summed E-state index contributed by atoms with van der Waals surface area (Å²) in [5.74, 6) is 0.708. The Labute approximate surface area is 189 Å². The van der Waals surface area contributed by atoms with E-state index in [2.05, 4.69) is 23.3 Å². The normalized spacial score (nSPS) is 30.2. The number of piperidine rings is 2. The summed E-state index contributed by atoms with van der Waals surface area (Å²) >= 11 is 0. The first-order chi connectivity index (χ1) is 15.5. The van der Waals surface area contributed by atoms with Crippen LogP contribution in [0, 0.1) is 11.8 Å². The van der Waals surface area contributed by atoms with Crippen molar-refractivity contribution in [1.29, 1.82) is 0 Å². The van der Waals surface area contributed by atoms with Crippen LogP contribution in [-0.2, 0) is 4.79 Å². The van der Waals surface area contributed by atoms with Gasteiger partial charge in [0.1, 0.15) is 5.82 Å². The van der Waals surface area contributed by atoms with E-state index in [1.807, 2.05) is 29.3 Å². The van der Waals surface area contributed by atoms with Crippen molar-refractivity contribution in [1.82, 2.24) is 9.88 Å². The number of carbonyl (C=O) groups is 2. The van der Waals surface area contributed by atoms with E-state index in [1.54, 1.807) is 0 Å². The average molecular weight is 436 g/mol. The van der Waals surface area contributed by atoms with Gasteiger partial charge in [-0.3, -0.25) is 9.59 Å². The molecule has 0 radical (unpaired) electrons. The molecule has 1 saturated carbocycles. The van der Waals surface area contributed by atoms with Crippen LogP contribution in [0.3, 0.4) is 0 Å². The third-order valence-electron chi connectivity index (χ3n) is 7.89. The van der Waals surface area contributed by atoms with E-state index in [-0.39, 0.29) is 23.9 Å². The smallest absolute Gasteiger partial charge is 0.306 e. The molecule has 3 aliphatic rings. The second-order valence-electron chi connectivity index (χ2n) is 10.2. The van der Waals surface area contributed by atoms with Crippen molar-refractivity contribution < 1.29 is 14.7 Å². The quantitative estimate of drug-likeness (QED) is 0.700. The number of anilines is 1. The van der Waals surface area contributed by atoms with Gasteiger partial charge in [-0.15, -0.1) is 0 Å². The predicted molar refractivity (Wildman–Crippen MR) is 125 cm³/mol. The maximum absolute atomic E-state index is 13.4. The first-order valence-electron chi connectivity index (χ1n) is 12.2. The van der Waals surface area contributed by atoms with Gasteiger partial charge in [-0.25, -0.2) is 4.98 Å². The molecule has 1 aromatic carbocycles. The second kappa shape index (κ2) is 8.72. The van der Waals surface area contributed by atoms with Gasteiger partial charge in [-0.1, -0.05) is 13.0 Å². The van der Waals surface area contributed by atoms with Crippen molar-refractivity contribution in [3.05, 3.63) is 36.0 Å². The van der Waals surface area contributed by atoms with Crippen LogP contribution in [-0.4, -0.2) is 45.0 Å². The lowest BCUT2D eigenvalue weighted by atomic mass is 9.78. The van der Waals surface area contributed by atoms with E-state index in [9.17, 15) is 14.7 Å². The summed E-state index contributed by atoms with van der Waals surface area (Å²) in [5, 5.41) is 15.1. The number of carboxylic acid groups (broad SMARTS) is 1. The van der Waals surface area contributed by atoms with E-state index >= 15 is 0 Å². The lowest BCUT2D eigenvalue weighted by molar-refractivity contribution is -0.145. The summed E-state index contributed by atoms with van der Waals surface area (Å²) in [6.45, 7) is 2.32. The van der Waals surface area contributed by atoms with Gasteiger partial charge in [0.05, 0.1) is 5.92 Å². The first-order valence-corrected chi connectivity index (χ1v) is 12.2. The Balaban J connectivity index is 1.32. The largest absolute Gasteiger partial charge is 0.481 e. The Morgan fingerprint density at radius 3 is 2.41 bits per heavy atom. The molecule has 170 valence electrons. The summed E-state index contributed by atoms with van der Waals surface area (Å²) in [6.07, 6.45) is 10.8. The number of aliphatic carboxylic acids is 1. The topological polar surface area (TPSA) is 82.5 Å². The number of hydrogen-bond donors (Lipinski definition) is 2. The molecule has 3 heterocycles. The van der Waals surface area contributed by atoms with Crippen molar-refractivity contribution in [2.45, 2.75) is 82.8 Å². The first kappa shape index (κ1) is 21.2. The maximum atomic E-state index is 13.4. The lowest BCUT2D eigenvalue weighted by Crippen LogP contribution is -2.55. The van der Waals surface area contributed by atoms with E-state index in [0.717, 1.165) is 41.8 Å². The standard InChI is InChI=1S/C26H33N3O3/c1-16-5-9-21(10-6-16)28-24-14-17-7-8-18(11-20(17)15-27-24)25(30)29-22-3-2-4-23(29)13-19(12-22)26(31)32/h7-8,11,14-16,19,21-23H,2-6,9-10,12-13H2,1H3,(H,27,28)(H,31,32)/t16-,19?,21+,22?,23?. The van der Waals surface area contributed by atoms with Gasteiger partial charge >= 0.3 is 5.97 Å². The summed E-state index contributed by atoms with van der Waals surface area (Å²) in [7, 11) is 0. The molecule has 32 heavy (non-hydrogen) atoms. The summed E-state index contributed by atoms with van der Waals surface area (Å²) in [6, 6.07) is 8.51. The molecule has 2 N–H and O–H groups in total. The summed E-state index contributed by atoms with van der Waals surface area (Å²) in [4.78, 5) is 31.6. The summed E-state index contributed by atoms with van der Waals surface area (Å²) in [5.41, 5.74) is 0.673. The van der Waals surface area contributed by atoms with Gasteiger partial charge in [-0.2, -0.15) is 0 Å². The molecule has 2 aromatic rings. The van der Waals surface area contributed by atoms with Crippen LogP contribution in [0.15, 0.2) is 30.5 Å². The maximum Gasteiger partial charge on any atom is 0.306 e. The Morgan fingerprint density at radius 1 is 1.00 bits per heavy atom. The van der Waals surface area contributed by atoms with Crippen molar-refractivity contribution in [3.8, 4) is 0 Å². The molecular weight excluding hydrogens is 402 g/mol. The zero-order chi connectivity index (χ0) is 22.2. The van der Waals surface area contributed by atoms with Crippen molar-refractivity contribution in [2.24, 2.45) is 11.8 Å². The number of amides is 1. The molecule has 0 spiro atoms. The molecule has 5 rings (SSSR count). The monoisotopic (exact) mass is 435 g/mol. The van der Waals surface area contributed by atoms with Crippen LogP contribution in [0.25, 0.3) is 10.8 Å². The number of aromatic nitrogens is 1. The van der Waals surface area contributed by atoms with Crippen LogP contribution in [0.5, 0.6) is 0 Å². The fraction of sp³-hybridized carbons (Fsp3) is 0.577. The van der Waals surface area contributed by atoms with E-state index in [0.29, 0.717) is 24.4 Å². The number of carbonyl (C=O) groups excluding carboxylic acids is 1. The average Bonchev–Trinajstić information content (AvgIpc) is 2.79. The lowest BCUT2D eigenvalue weighted by Gasteiger charge is -2.48. The molecule has 2 aliphatic heterocycles. The van der Waals surface area contributed by atoms with Crippen molar-refractivity contribution in [2.75, 3.05) is 5.32 Å². The molecule has 1 amide bonds. The molecule has 6 nitrogen and oxygen atoms in total. The highest BCUT2D eigenvalue weighted by Crippen LogP contribution is 2.38. The Bertz CT molecular complexity index is 1000. The van der Waals surface area contributed by atoms with Gasteiger partial charge in [0, 0.05) is 35.3 Å². The highest BCUT2D eigenvalue weighted by atomic mass is 16.4. The molecule has 2 atom stereocenters. The number of carboxylic acids is 1. The SMILES string of the molecule is C[C@H]1CC[C@@H](Nc2cc3ccc(C(=O)N4C5CCCC4CC(C(=O)O)C5)cc3cn2)CC1. The van der Waals surface area contributed by atoms with Crippen LogP contribution >= 0.6 is 0 Å². The molecule has 6 heteroatoms. The molecule has 2 bridgehead atoms. The fourth-order valence-corrected chi connectivity index (χ4v) is 6.03. The van der Waals surface area contributed by atoms with Gasteiger partial charge in [-0.05, 0) is 87.3 Å². The Hall–Kier alpha value is -2.63. The number of hydrogen-bond acceptors (Lipinski definition) is 4. The highest BCUT2D eigenvalue weighted by molar-refractivity contribution is 5.99. The van der Waals surface area contributed by atoms with Gasteiger partial charge in [0.25, 0.3) is 5.91 Å². The van der Waals surface area contributed by atoms with Crippen molar-refractivity contribution in [3.63, 3.8) is 0 Å². The third kappa shape index (κ3) is 4.19. The fourth-order valence-electron chi connectivity index (χ4n) is 6.03. The second-order valence-corrected chi connectivity index (χ2v) is 10.2. The molecular formula is C26H33N3O3. The third-order valence-corrected chi connectivity index (χ3v) is 7.89. The van der Waals surface area contributed by atoms with E-state index < -0.39 is 5.97 Å². The van der Waals surface area contributed by atoms with E-state index in [4.69, 9.17) is 0 Å². The summed E-state index contributed by atoms with van der Waals surface area (Å²) < 4.78 is 0. The van der Waals surface area contributed by atoms with Gasteiger partial charge < -0.3 is 15.3 Å². The van der Waals surface area contributed by atoms with Gasteiger partial charge in [0.2, 0.25) is 0 Å². The minimum Gasteiger partial charge on any atom is -0.481 e. The van der Waals surface area contributed by atoms with Crippen LogP contribution in [0.4, 0.5) is 5.82 Å². The van der Waals surface area contributed by atoms with Crippen LogP contribution in [0.2, 0.25) is 0 Å². The Kier molecular flexibility index (Phi) is 5.78.